The summed E-state index contributed by atoms with van der Waals surface area (Å²) in [5.74, 6) is 0.756. The van der Waals surface area contributed by atoms with Crippen molar-refractivity contribution in [2.75, 3.05) is 19.6 Å². The van der Waals surface area contributed by atoms with Crippen molar-refractivity contribution >= 4 is 33.2 Å². The van der Waals surface area contributed by atoms with E-state index in [4.69, 9.17) is 5.73 Å². The molecular formula is C17H19BrN2OS. The molecule has 2 aromatic rings. The Morgan fingerprint density at radius 2 is 2.09 bits per heavy atom. The van der Waals surface area contributed by atoms with Crippen LogP contribution in [-0.2, 0) is 0 Å². The van der Waals surface area contributed by atoms with Gasteiger partial charge in [-0.1, -0.05) is 30.3 Å². The first-order chi connectivity index (χ1) is 10.6. The molecule has 1 aliphatic rings. The van der Waals surface area contributed by atoms with E-state index in [-0.39, 0.29) is 5.91 Å². The van der Waals surface area contributed by atoms with E-state index in [1.54, 1.807) is 11.3 Å². The molecule has 5 heteroatoms. The SMILES string of the molecule is Cc1cc(C(=O)N2C[C@@H](CN)[C@H](c3ccccc3)C2)c(Br)s1. The number of nitrogens with two attached hydrogens (primary N) is 1. The molecule has 2 N–H and O–H groups in total. The summed E-state index contributed by atoms with van der Waals surface area (Å²) in [6.07, 6.45) is 0. The van der Waals surface area contributed by atoms with Crippen LogP contribution < -0.4 is 5.73 Å². The van der Waals surface area contributed by atoms with E-state index in [0.29, 0.717) is 18.4 Å². The lowest BCUT2D eigenvalue weighted by atomic mass is 9.89. The number of aryl methyl sites for hydroxylation is 1. The number of carbonyl (C=O) groups is 1. The number of benzene rings is 1. The van der Waals surface area contributed by atoms with Crippen LogP contribution in [0.1, 0.15) is 26.7 Å². The molecule has 3 rings (SSSR count). The Kier molecular flexibility index (Phi) is 4.66. The topological polar surface area (TPSA) is 46.3 Å². The van der Waals surface area contributed by atoms with Gasteiger partial charge in [-0.3, -0.25) is 4.79 Å². The van der Waals surface area contributed by atoms with Gasteiger partial charge in [0.1, 0.15) is 0 Å². The van der Waals surface area contributed by atoms with Crippen LogP contribution in [-0.4, -0.2) is 30.4 Å². The fourth-order valence-corrected chi connectivity index (χ4v) is 4.92. The zero-order chi connectivity index (χ0) is 15.7. The standard InChI is InChI=1S/C17H19BrN2OS/c1-11-7-14(16(18)22-11)17(21)20-9-13(8-19)15(10-20)12-5-3-2-4-6-12/h2-7,13,15H,8-10,19H2,1H3/t13-,15+/m1/s1. The van der Waals surface area contributed by atoms with Gasteiger partial charge in [0.25, 0.3) is 5.91 Å². The number of rotatable bonds is 3. The van der Waals surface area contributed by atoms with Gasteiger partial charge in [-0.05, 0) is 46.9 Å². The summed E-state index contributed by atoms with van der Waals surface area (Å²) in [4.78, 5) is 15.9. The van der Waals surface area contributed by atoms with Gasteiger partial charge >= 0.3 is 0 Å². The molecule has 1 aromatic carbocycles. The molecule has 0 radical (unpaired) electrons. The molecule has 0 unspecified atom stereocenters. The van der Waals surface area contributed by atoms with Crippen LogP contribution in [0.2, 0.25) is 0 Å². The van der Waals surface area contributed by atoms with Crippen molar-refractivity contribution in [2.45, 2.75) is 12.8 Å². The van der Waals surface area contributed by atoms with Crippen molar-refractivity contribution in [1.82, 2.24) is 4.90 Å². The third-order valence-corrected chi connectivity index (χ3v) is 6.05. The molecule has 0 aliphatic carbocycles. The monoisotopic (exact) mass is 378 g/mol. The van der Waals surface area contributed by atoms with Gasteiger partial charge in [-0.2, -0.15) is 0 Å². The van der Waals surface area contributed by atoms with Crippen LogP contribution >= 0.6 is 27.3 Å². The predicted molar refractivity (Wildman–Crippen MR) is 94.4 cm³/mol. The maximum Gasteiger partial charge on any atom is 0.255 e. The minimum absolute atomic E-state index is 0.105. The first-order valence-electron chi connectivity index (χ1n) is 7.40. The van der Waals surface area contributed by atoms with Crippen molar-refractivity contribution in [1.29, 1.82) is 0 Å². The van der Waals surface area contributed by atoms with Gasteiger partial charge in [0, 0.05) is 23.9 Å². The summed E-state index contributed by atoms with van der Waals surface area (Å²) >= 11 is 5.11. The first kappa shape index (κ1) is 15.7. The summed E-state index contributed by atoms with van der Waals surface area (Å²) in [7, 11) is 0. The molecule has 1 aromatic heterocycles. The summed E-state index contributed by atoms with van der Waals surface area (Å²) in [5, 5.41) is 0. The lowest BCUT2D eigenvalue weighted by Crippen LogP contribution is -2.29. The maximum absolute atomic E-state index is 12.8. The number of carbonyl (C=O) groups excluding carboxylic acids is 1. The average Bonchev–Trinajstić information content (AvgIpc) is 3.10. The first-order valence-corrected chi connectivity index (χ1v) is 9.01. The van der Waals surface area contributed by atoms with Crippen molar-refractivity contribution in [3.05, 3.63) is 56.2 Å². The molecule has 0 saturated carbocycles. The lowest BCUT2D eigenvalue weighted by Gasteiger charge is -2.16. The Hall–Kier alpha value is -1.17. The Labute approximate surface area is 143 Å². The number of nitrogens with zero attached hydrogens (tertiary/aromatic N) is 1. The van der Waals surface area contributed by atoms with E-state index >= 15 is 0 Å². The van der Waals surface area contributed by atoms with Crippen molar-refractivity contribution in [3.8, 4) is 0 Å². The van der Waals surface area contributed by atoms with Crippen LogP contribution in [0.25, 0.3) is 0 Å². The molecule has 22 heavy (non-hydrogen) atoms. The fourth-order valence-electron chi connectivity index (χ4n) is 3.16. The number of hydrogen-bond acceptors (Lipinski definition) is 3. The molecule has 116 valence electrons. The quantitative estimate of drug-likeness (QED) is 0.885. The molecule has 3 nitrogen and oxygen atoms in total. The van der Waals surface area contributed by atoms with Crippen LogP contribution in [0.3, 0.4) is 0 Å². The molecule has 2 atom stereocenters. The zero-order valence-electron chi connectivity index (χ0n) is 12.5. The van der Waals surface area contributed by atoms with Crippen LogP contribution in [0.5, 0.6) is 0 Å². The van der Waals surface area contributed by atoms with Gasteiger partial charge in [-0.25, -0.2) is 0 Å². The Bertz CT molecular complexity index is 671. The number of halogens is 1. The third-order valence-electron chi connectivity index (χ3n) is 4.30. The van der Waals surface area contributed by atoms with E-state index in [2.05, 4.69) is 28.1 Å². The second-order valence-corrected chi connectivity index (χ2v) is 8.34. The highest BCUT2D eigenvalue weighted by molar-refractivity contribution is 9.11. The fraction of sp³-hybridized carbons (Fsp3) is 0.353. The largest absolute Gasteiger partial charge is 0.338 e. The Morgan fingerprint density at radius 3 is 2.68 bits per heavy atom. The highest BCUT2D eigenvalue weighted by atomic mass is 79.9. The van der Waals surface area contributed by atoms with Gasteiger partial charge in [-0.15, -0.1) is 11.3 Å². The Morgan fingerprint density at radius 1 is 1.36 bits per heavy atom. The van der Waals surface area contributed by atoms with E-state index in [9.17, 15) is 4.79 Å². The average molecular weight is 379 g/mol. The van der Waals surface area contributed by atoms with Gasteiger partial charge in [0.2, 0.25) is 0 Å². The number of likely N-dealkylation sites (tertiary alicyclic amines) is 1. The normalized spacial score (nSPS) is 21.3. The summed E-state index contributed by atoms with van der Waals surface area (Å²) in [6.45, 7) is 4.10. The van der Waals surface area contributed by atoms with E-state index in [1.165, 1.54) is 5.56 Å². The van der Waals surface area contributed by atoms with Gasteiger partial charge in [0.15, 0.2) is 0 Å². The number of thiophene rings is 1. The van der Waals surface area contributed by atoms with Crippen LogP contribution in [0, 0.1) is 12.8 Å². The predicted octanol–water partition coefficient (Wildman–Crippen LogP) is 3.63. The Balaban J connectivity index is 1.82. The molecule has 1 amide bonds. The third kappa shape index (κ3) is 2.98. The van der Waals surface area contributed by atoms with Crippen molar-refractivity contribution in [3.63, 3.8) is 0 Å². The lowest BCUT2D eigenvalue weighted by molar-refractivity contribution is 0.0786. The smallest absolute Gasteiger partial charge is 0.255 e. The second kappa shape index (κ2) is 6.52. The van der Waals surface area contributed by atoms with Crippen LogP contribution in [0.15, 0.2) is 40.2 Å². The molecule has 0 spiro atoms. The molecule has 2 heterocycles. The summed E-state index contributed by atoms with van der Waals surface area (Å²) in [5.41, 5.74) is 7.99. The maximum atomic E-state index is 12.8. The second-order valence-electron chi connectivity index (χ2n) is 5.77. The van der Waals surface area contributed by atoms with Gasteiger partial charge < -0.3 is 10.6 Å². The molecule has 1 saturated heterocycles. The number of hydrogen-bond donors (Lipinski definition) is 1. The molecular weight excluding hydrogens is 360 g/mol. The van der Waals surface area contributed by atoms with E-state index in [0.717, 1.165) is 27.3 Å². The minimum Gasteiger partial charge on any atom is -0.338 e. The van der Waals surface area contributed by atoms with E-state index in [1.807, 2.05) is 36.1 Å². The number of amides is 1. The molecule has 1 fully saturated rings. The highest BCUT2D eigenvalue weighted by Crippen LogP contribution is 2.35. The van der Waals surface area contributed by atoms with Crippen molar-refractivity contribution < 1.29 is 4.79 Å². The highest BCUT2D eigenvalue weighted by Gasteiger charge is 2.36. The molecule has 0 bridgehead atoms. The van der Waals surface area contributed by atoms with Crippen molar-refractivity contribution in [2.24, 2.45) is 11.7 Å². The molecule has 1 aliphatic heterocycles. The minimum atomic E-state index is 0.105. The summed E-state index contributed by atoms with van der Waals surface area (Å²) in [6, 6.07) is 12.3. The summed E-state index contributed by atoms with van der Waals surface area (Å²) < 4.78 is 0.919. The zero-order valence-corrected chi connectivity index (χ0v) is 14.9. The van der Waals surface area contributed by atoms with Crippen LogP contribution in [0.4, 0.5) is 0 Å². The van der Waals surface area contributed by atoms with Gasteiger partial charge in [0.05, 0.1) is 9.35 Å². The van der Waals surface area contributed by atoms with E-state index < -0.39 is 0 Å².